The molecule has 3 rings (SSSR count). The van der Waals surface area contributed by atoms with Gasteiger partial charge in [0.15, 0.2) is 0 Å². The van der Waals surface area contributed by atoms with Crippen LogP contribution in [0, 0.1) is 13.8 Å². The molecule has 0 unspecified atom stereocenters. The van der Waals surface area contributed by atoms with Gasteiger partial charge in [-0.2, -0.15) is 0 Å². The number of imidazole rings is 1. The Morgan fingerprint density at radius 1 is 1.14 bits per heavy atom. The number of hydrogen-bond acceptors (Lipinski definition) is 2. The van der Waals surface area contributed by atoms with E-state index >= 15 is 0 Å². The molecule has 2 N–H and O–H groups in total. The van der Waals surface area contributed by atoms with E-state index in [0.29, 0.717) is 12.1 Å². The Labute approximate surface area is 123 Å². The zero-order valence-electron chi connectivity index (χ0n) is 12.1. The van der Waals surface area contributed by atoms with Gasteiger partial charge in [0, 0.05) is 5.56 Å². The molecule has 0 atom stereocenters. The third-order valence-electron chi connectivity index (χ3n) is 3.62. The predicted octanol–water partition coefficient (Wildman–Crippen LogP) is 3.11. The molecular formula is C17H17N3O. The first-order valence-corrected chi connectivity index (χ1v) is 6.92. The number of rotatable bonds is 3. The number of amides is 1. The average molecular weight is 279 g/mol. The van der Waals surface area contributed by atoms with Crippen molar-refractivity contribution >= 4 is 16.9 Å². The van der Waals surface area contributed by atoms with E-state index in [1.54, 1.807) is 0 Å². The van der Waals surface area contributed by atoms with E-state index in [9.17, 15) is 4.79 Å². The Morgan fingerprint density at radius 3 is 2.71 bits per heavy atom. The molecule has 21 heavy (non-hydrogen) atoms. The van der Waals surface area contributed by atoms with E-state index in [2.05, 4.69) is 15.3 Å². The van der Waals surface area contributed by atoms with Crippen LogP contribution in [0.25, 0.3) is 11.0 Å². The van der Waals surface area contributed by atoms with Crippen molar-refractivity contribution in [2.75, 3.05) is 0 Å². The lowest BCUT2D eigenvalue weighted by atomic mass is 10.1. The molecule has 1 heterocycles. The van der Waals surface area contributed by atoms with Crippen LogP contribution in [0.5, 0.6) is 0 Å². The maximum absolute atomic E-state index is 12.1. The van der Waals surface area contributed by atoms with E-state index in [0.717, 1.165) is 22.4 Å². The Bertz CT molecular complexity index is 772. The third kappa shape index (κ3) is 2.79. The molecule has 0 aliphatic heterocycles. The van der Waals surface area contributed by atoms with Crippen molar-refractivity contribution in [3.63, 3.8) is 0 Å². The summed E-state index contributed by atoms with van der Waals surface area (Å²) in [7, 11) is 0. The lowest BCUT2D eigenvalue weighted by Gasteiger charge is -2.06. The van der Waals surface area contributed by atoms with Crippen LogP contribution in [0.3, 0.4) is 0 Å². The van der Waals surface area contributed by atoms with Crippen molar-refractivity contribution in [2.24, 2.45) is 0 Å². The maximum atomic E-state index is 12.1. The van der Waals surface area contributed by atoms with Crippen molar-refractivity contribution < 1.29 is 4.79 Å². The van der Waals surface area contributed by atoms with Crippen molar-refractivity contribution in [2.45, 2.75) is 20.4 Å². The second-order valence-corrected chi connectivity index (χ2v) is 5.18. The largest absolute Gasteiger partial charge is 0.345 e. The summed E-state index contributed by atoms with van der Waals surface area (Å²) in [5.74, 6) is 0.673. The van der Waals surface area contributed by atoms with Crippen molar-refractivity contribution in [3.05, 3.63) is 65.0 Å². The van der Waals surface area contributed by atoms with E-state index in [1.807, 2.05) is 56.3 Å². The zero-order valence-corrected chi connectivity index (χ0v) is 12.1. The molecule has 0 saturated carbocycles. The first-order valence-electron chi connectivity index (χ1n) is 6.92. The first-order chi connectivity index (χ1) is 10.1. The highest BCUT2D eigenvalue weighted by Gasteiger charge is 2.08. The molecule has 2 aromatic carbocycles. The number of carbonyl (C=O) groups is 1. The normalized spacial score (nSPS) is 10.8. The van der Waals surface area contributed by atoms with Gasteiger partial charge in [0.2, 0.25) is 0 Å². The lowest BCUT2D eigenvalue weighted by molar-refractivity contribution is 0.0950. The molecule has 4 heteroatoms. The molecule has 0 aliphatic carbocycles. The van der Waals surface area contributed by atoms with E-state index in [4.69, 9.17) is 0 Å². The minimum Gasteiger partial charge on any atom is -0.345 e. The summed E-state index contributed by atoms with van der Waals surface area (Å²) in [6, 6.07) is 13.5. The third-order valence-corrected chi connectivity index (χ3v) is 3.62. The summed E-state index contributed by atoms with van der Waals surface area (Å²) in [5, 5.41) is 2.89. The number of nitrogens with zero attached hydrogens (tertiary/aromatic N) is 1. The van der Waals surface area contributed by atoms with Gasteiger partial charge in [-0.15, -0.1) is 0 Å². The molecule has 0 fully saturated rings. The standard InChI is InChI=1S/C17H17N3O/c1-11-7-8-13(9-12(11)2)17(21)18-10-16-19-14-5-3-4-6-15(14)20-16/h3-9H,10H2,1-2H3,(H,18,21)(H,19,20). The van der Waals surface area contributed by atoms with Gasteiger partial charge in [0.05, 0.1) is 17.6 Å². The fourth-order valence-corrected chi connectivity index (χ4v) is 2.24. The van der Waals surface area contributed by atoms with Crippen LogP contribution in [-0.2, 0) is 6.54 Å². The van der Waals surface area contributed by atoms with Crippen LogP contribution < -0.4 is 5.32 Å². The summed E-state index contributed by atoms with van der Waals surface area (Å²) in [6.45, 7) is 4.43. The van der Waals surface area contributed by atoms with E-state index < -0.39 is 0 Å². The van der Waals surface area contributed by atoms with Crippen LogP contribution in [0.4, 0.5) is 0 Å². The molecule has 3 aromatic rings. The minimum absolute atomic E-state index is 0.0847. The van der Waals surface area contributed by atoms with Crippen molar-refractivity contribution in [1.29, 1.82) is 0 Å². The summed E-state index contributed by atoms with van der Waals surface area (Å²) < 4.78 is 0. The van der Waals surface area contributed by atoms with Gasteiger partial charge in [-0.25, -0.2) is 4.98 Å². The number of benzene rings is 2. The second kappa shape index (κ2) is 5.40. The van der Waals surface area contributed by atoms with Gasteiger partial charge in [-0.05, 0) is 49.2 Å². The number of para-hydroxylation sites is 2. The molecule has 1 amide bonds. The van der Waals surface area contributed by atoms with Gasteiger partial charge in [-0.3, -0.25) is 4.79 Å². The molecule has 0 spiro atoms. The number of aromatic amines is 1. The predicted molar refractivity (Wildman–Crippen MR) is 83.2 cm³/mol. The van der Waals surface area contributed by atoms with Crippen LogP contribution in [0.2, 0.25) is 0 Å². The summed E-state index contributed by atoms with van der Waals surface area (Å²) in [6.07, 6.45) is 0. The molecular weight excluding hydrogens is 262 g/mol. The number of aryl methyl sites for hydroxylation is 2. The monoisotopic (exact) mass is 279 g/mol. The Balaban J connectivity index is 1.71. The van der Waals surface area contributed by atoms with Crippen LogP contribution in [0.1, 0.15) is 27.3 Å². The van der Waals surface area contributed by atoms with E-state index in [1.165, 1.54) is 5.56 Å². The Hall–Kier alpha value is -2.62. The molecule has 0 bridgehead atoms. The SMILES string of the molecule is Cc1ccc(C(=O)NCc2nc3ccccc3[nH]2)cc1C. The molecule has 0 saturated heterocycles. The Morgan fingerprint density at radius 2 is 1.95 bits per heavy atom. The quantitative estimate of drug-likeness (QED) is 0.774. The number of H-pyrrole nitrogens is 1. The van der Waals surface area contributed by atoms with Gasteiger partial charge in [0.25, 0.3) is 5.91 Å². The number of aromatic nitrogens is 2. The Kier molecular flexibility index (Phi) is 3.44. The number of nitrogens with one attached hydrogen (secondary N) is 2. The maximum Gasteiger partial charge on any atom is 0.251 e. The lowest BCUT2D eigenvalue weighted by Crippen LogP contribution is -2.23. The van der Waals surface area contributed by atoms with Gasteiger partial charge in [-0.1, -0.05) is 18.2 Å². The molecule has 4 nitrogen and oxygen atoms in total. The zero-order chi connectivity index (χ0) is 14.8. The van der Waals surface area contributed by atoms with Crippen molar-refractivity contribution in [3.8, 4) is 0 Å². The average Bonchev–Trinajstić information content (AvgIpc) is 2.90. The summed E-state index contributed by atoms with van der Waals surface area (Å²) in [4.78, 5) is 19.8. The fourth-order valence-electron chi connectivity index (χ4n) is 2.24. The van der Waals surface area contributed by atoms with E-state index in [-0.39, 0.29) is 5.91 Å². The summed E-state index contributed by atoms with van der Waals surface area (Å²) >= 11 is 0. The molecule has 1 aromatic heterocycles. The minimum atomic E-state index is -0.0847. The second-order valence-electron chi connectivity index (χ2n) is 5.18. The van der Waals surface area contributed by atoms with Gasteiger partial charge >= 0.3 is 0 Å². The molecule has 0 radical (unpaired) electrons. The number of hydrogen-bond donors (Lipinski definition) is 2. The highest BCUT2D eigenvalue weighted by molar-refractivity contribution is 5.94. The number of carbonyl (C=O) groups excluding carboxylic acids is 1. The fraction of sp³-hybridized carbons (Fsp3) is 0.176. The first kappa shape index (κ1) is 13.4. The topological polar surface area (TPSA) is 57.8 Å². The van der Waals surface area contributed by atoms with Crippen molar-refractivity contribution in [1.82, 2.24) is 15.3 Å². The van der Waals surface area contributed by atoms with Crippen LogP contribution >= 0.6 is 0 Å². The number of fused-ring (bicyclic) bond motifs is 1. The molecule has 0 aliphatic rings. The van der Waals surface area contributed by atoms with Crippen LogP contribution in [-0.4, -0.2) is 15.9 Å². The summed E-state index contributed by atoms with van der Waals surface area (Å²) in [5.41, 5.74) is 4.87. The van der Waals surface area contributed by atoms with Crippen LogP contribution in [0.15, 0.2) is 42.5 Å². The van der Waals surface area contributed by atoms with Gasteiger partial charge < -0.3 is 10.3 Å². The molecule has 106 valence electrons. The highest BCUT2D eigenvalue weighted by atomic mass is 16.1. The van der Waals surface area contributed by atoms with Gasteiger partial charge in [0.1, 0.15) is 5.82 Å². The smallest absolute Gasteiger partial charge is 0.251 e. The highest BCUT2D eigenvalue weighted by Crippen LogP contribution is 2.11.